The van der Waals surface area contributed by atoms with Crippen molar-refractivity contribution in [3.63, 3.8) is 0 Å². The van der Waals surface area contributed by atoms with Crippen molar-refractivity contribution in [2.24, 2.45) is 0 Å². The highest BCUT2D eigenvalue weighted by molar-refractivity contribution is 5.81. The SMILES string of the molecule is O=C(N[C@@H](CO)C(=O)OCc1ccc(OCCc2coc(-c3ccccc3)n2)cc1)OCc1ccccc1. The molecule has 0 fully saturated rings. The molecule has 1 atom stereocenters. The van der Waals surface area contributed by atoms with E-state index >= 15 is 0 Å². The Kier molecular flexibility index (Phi) is 9.47. The van der Waals surface area contributed by atoms with Gasteiger partial charge in [-0.1, -0.05) is 60.7 Å². The first-order valence-corrected chi connectivity index (χ1v) is 12.1. The van der Waals surface area contributed by atoms with Crippen LogP contribution in [0.4, 0.5) is 4.79 Å². The first kappa shape index (κ1) is 26.4. The van der Waals surface area contributed by atoms with E-state index < -0.39 is 24.7 Å². The third-order valence-electron chi connectivity index (χ3n) is 5.48. The minimum atomic E-state index is -1.24. The topological polar surface area (TPSA) is 120 Å². The van der Waals surface area contributed by atoms with Gasteiger partial charge in [-0.15, -0.1) is 0 Å². The lowest BCUT2D eigenvalue weighted by Gasteiger charge is -2.15. The number of carbonyl (C=O) groups excluding carboxylic acids is 2. The van der Waals surface area contributed by atoms with Gasteiger partial charge in [0.1, 0.15) is 25.2 Å². The molecular formula is C29H28N2O7. The Bertz CT molecular complexity index is 1290. The third-order valence-corrected chi connectivity index (χ3v) is 5.48. The Balaban J connectivity index is 1.17. The summed E-state index contributed by atoms with van der Waals surface area (Å²) >= 11 is 0. The predicted octanol–water partition coefficient (Wildman–Crippen LogP) is 4.29. The van der Waals surface area contributed by atoms with Gasteiger partial charge >= 0.3 is 12.1 Å². The summed E-state index contributed by atoms with van der Waals surface area (Å²) in [4.78, 5) is 28.8. The normalized spacial score (nSPS) is 11.4. The van der Waals surface area contributed by atoms with Gasteiger partial charge in [0.05, 0.1) is 18.9 Å². The maximum absolute atomic E-state index is 12.3. The fraction of sp³-hybridized carbons (Fsp3) is 0.207. The fourth-order valence-electron chi connectivity index (χ4n) is 3.43. The number of amides is 1. The van der Waals surface area contributed by atoms with Gasteiger partial charge in [-0.2, -0.15) is 0 Å². The summed E-state index contributed by atoms with van der Waals surface area (Å²) in [5.41, 5.74) is 3.23. The summed E-state index contributed by atoms with van der Waals surface area (Å²) in [6.07, 6.45) is 1.38. The van der Waals surface area contributed by atoms with Crippen LogP contribution in [-0.2, 0) is 33.9 Å². The minimum absolute atomic E-state index is 0.0302. The molecule has 0 bridgehead atoms. The van der Waals surface area contributed by atoms with E-state index in [2.05, 4.69) is 10.3 Å². The van der Waals surface area contributed by atoms with Gasteiger partial charge in [-0.3, -0.25) is 0 Å². The van der Waals surface area contributed by atoms with Crippen molar-refractivity contribution in [1.29, 1.82) is 0 Å². The zero-order valence-electron chi connectivity index (χ0n) is 20.6. The number of esters is 1. The van der Waals surface area contributed by atoms with Crippen LogP contribution in [0.25, 0.3) is 11.5 Å². The maximum Gasteiger partial charge on any atom is 0.408 e. The Morgan fingerprint density at radius 2 is 1.53 bits per heavy atom. The average molecular weight is 517 g/mol. The number of rotatable bonds is 12. The number of benzene rings is 3. The summed E-state index contributed by atoms with van der Waals surface area (Å²) in [6, 6.07) is 24.6. The average Bonchev–Trinajstić information content (AvgIpc) is 3.44. The maximum atomic E-state index is 12.3. The minimum Gasteiger partial charge on any atom is -0.493 e. The third kappa shape index (κ3) is 7.94. The molecule has 4 rings (SSSR count). The smallest absolute Gasteiger partial charge is 0.408 e. The van der Waals surface area contributed by atoms with E-state index in [0.717, 1.165) is 22.4 Å². The lowest BCUT2D eigenvalue weighted by atomic mass is 10.2. The largest absolute Gasteiger partial charge is 0.493 e. The molecule has 0 aliphatic carbocycles. The van der Waals surface area contributed by atoms with Crippen LogP contribution < -0.4 is 10.1 Å². The van der Waals surface area contributed by atoms with Crippen LogP contribution in [0.15, 0.2) is 95.6 Å². The van der Waals surface area contributed by atoms with E-state index in [9.17, 15) is 14.7 Å². The Labute approximate surface area is 220 Å². The number of carbonyl (C=O) groups is 2. The van der Waals surface area contributed by atoms with Crippen molar-refractivity contribution in [3.05, 3.63) is 108 Å². The van der Waals surface area contributed by atoms with Gasteiger partial charge < -0.3 is 29.1 Å². The van der Waals surface area contributed by atoms with Crippen LogP contribution in [0.1, 0.15) is 16.8 Å². The van der Waals surface area contributed by atoms with Crippen LogP contribution >= 0.6 is 0 Å². The lowest BCUT2D eigenvalue weighted by Crippen LogP contribution is -2.44. The highest BCUT2D eigenvalue weighted by atomic mass is 16.6. The van der Waals surface area contributed by atoms with Gasteiger partial charge in [0.25, 0.3) is 0 Å². The number of alkyl carbamates (subject to hydrolysis) is 1. The van der Waals surface area contributed by atoms with E-state index in [-0.39, 0.29) is 13.2 Å². The van der Waals surface area contributed by atoms with Crippen molar-refractivity contribution >= 4 is 12.1 Å². The molecule has 0 aliphatic heterocycles. The number of oxazole rings is 1. The fourth-order valence-corrected chi connectivity index (χ4v) is 3.43. The van der Waals surface area contributed by atoms with Crippen molar-refractivity contribution in [3.8, 4) is 17.2 Å². The number of nitrogens with one attached hydrogen (secondary N) is 1. The van der Waals surface area contributed by atoms with Crippen molar-refractivity contribution in [2.45, 2.75) is 25.7 Å². The summed E-state index contributed by atoms with van der Waals surface area (Å²) < 4.78 is 21.6. The van der Waals surface area contributed by atoms with E-state index in [1.54, 1.807) is 42.7 Å². The van der Waals surface area contributed by atoms with E-state index in [4.69, 9.17) is 18.6 Å². The molecule has 1 aromatic heterocycles. The van der Waals surface area contributed by atoms with Crippen LogP contribution in [-0.4, -0.2) is 41.4 Å². The zero-order valence-corrected chi connectivity index (χ0v) is 20.6. The zero-order chi connectivity index (χ0) is 26.6. The van der Waals surface area contributed by atoms with E-state index in [1.165, 1.54) is 0 Å². The number of aliphatic hydroxyl groups is 1. The van der Waals surface area contributed by atoms with Gasteiger partial charge in [-0.05, 0) is 35.4 Å². The van der Waals surface area contributed by atoms with Crippen molar-refractivity contribution in [1.82, 2.24) is 10.3 Å². The van der Waals surface area contributed by atoms with Gasteiger partial charge in [0, 0.05) is 12.0 Å². The Morgan fingerprint density at radius 3 is 2.24 bits per heavy atom. The Hall–Kier alpha value is -4.63. The monoisotopic (exact) mass is 516 g/mol. The first-order valence-electron chi connectivity index (χ1n) is 12.1. The van der Waals surface area contributed by atoms with E-state index in [0.29, 0.717) is 24.7 Å². The molecule has 0 unspecified atom stereocenters. The van der Waals surface area contributed by atoms with Crippen molar-refractivity contribution < 1.29 is 33.3 Å². The molecule has 38 heavy (non-hydrogen) atoms. The summed E-state index contributed by atoms with van der Waals surface area (Å²) in [5.74, 6) is 0.456. The summed E-state index contributed by atoms with van der Waals surface area (Å²) in [5, 5.41) is 11.8. The molecule has 0 saturated carbocycles. The highest BCUT2D eigenvalue weighted by Gasteiger charge is 2.22. The molecular weight excluding hydrogens is 488 g/mol. The molecule has 0 saturated heterocycles. The van der Waals surface area contributed by atoms with Crippen LogP contribution in [0.2, 0.25) is 0 Å². The second kappa shape index (κ2) is 13.6. The summed E-state index contributed by atoms with van der Waals surface area (Å²) in [6.45, 7) is -0.192. The lowest BCUT2D eigenvalue weighted by molar-refractivity contribution is -0.148. The predicted molar refractivity (Wildman–Crippen MR) is 138 cm³/mol. The number of hydrogen-bond acceptors (Lipinski definition) is 8. The number of nitrogens with zero attached hydrogens (tertiary/aromatic N) is 1. The molecule has 0 radical (unpaired) electrons. The molecule has 4 aromatic rings. The quantitative estimate of drug-likeness (QED) is 0.268. The molecule has 196 valence electrons. The van der Waals surface area contributed by atoms with Crippen LogP contribution in [0, 0.1) is 0 Å². The van der Waals surface area contributed by atoms with Gasteiger partial charge in [0.15, 0.2) is 6.04 Å². The standard InChI is InChI=1S/C29H28N2O7/c32-17-26(31-29(34)38-19-21-7-3-1-4-8-21)28(33)37-18-22-11-13-25(14-12-22)35-16-15-24-20-36-27(30-24)23-9-5-2-6-10-23/h1-14,20,26,32H,15-19H2,(H,31,34)/t26-/m0/s1. The van der Waals surface area contributed by atoms with Crippen LogP contribution in [0.5, 0.6) is 5.75 Å². The van der Waals surface area contributed by atoms with Crippen LogP contribution in [0.3, 0.4) is 0 Å². The molecule has 9 nitrogen and oxygen atoms in total. The number of ether oxygens (including phenoxy) is 3. The Morgan fingerprint density at radius 1 is 0.868 bits per heavy atom. The number of aliphatic hydroxyl groups excluding tert-OH is 1. The molecule has 0 spiro atoms. The van der Waals surface area contributed by atoms with E-state index in [1.807, 2.05) is 48.5 Å². The molecule has 1 amide bonds. The number of aromatic nitrogens is 1. The second-order valence-corrected chi connectivity index (χ2v) is 8.30. The molecule has 3 aromatic carbocycles. The molecule has 2 N–H and O–H groups in total. The second-order valence-electron chi connectivity index (χ2n) is 8.30. The first-order chi connectivity index (χ1) is 18.6. The van der Waals surface area contributed by atoms with Gasteiger partial charge in [-0.25, -0.2) is 14.6 Å². The molecule has 1 heterocycles. The van der Waals surface area contributed by atoms with Crippen molar-refractivity contribution in [2.75, 3.05) is 13.2 Å². The van der Waals surface area contributed by atoms with Gasteiger partial charge in [0.2, 0.25) is 5.89 Å². The number of hydrogen-bond donors (Lipinski definition) is 2. The highest BCUT2D eigenvalue weighted by Crippen LogP contribution is 2.19. The molecule has 0 aliphatic rings. The summed E-state index contributed by atoms with van der Waals surface area (Å²) in [7, 11) is 0. The molecule has 9 heteroatoms.